The summed E-state index contributed by atoms with van der Waals surface area (Å²) < 4.78 is 0. The normalized spacial score (nSPS) is 16.7. The fourth-order valence-corrected chi connectivity index (χ4v) is 2.76. The fourth-order valence-electron chi connectivity index (χ4n) is 2.76. The third-order valence-corrected chi connectivity index (χ3v) is 3.72. The van der Waals surface area contributed by atoms with E-state index in [0.717, 1.165) is 37.2 Å². The van der Waals surface area contributed by atoms with E-state index in [0.29, 0.717) is 5.95 Å². The van der Waals surface area contributed by atoms with Crippen LogP contribution in [0, 0.1) is 0 Å². The van der Waals surface area contributed by atoms with Crippen LogP contribution >= 0.6 is 0 Å². The summed E-state index contributed by atoms with van der Waals surface area (Å²) in [6.07, 6.45) is 3.82. The molecule has 1 heterocycles. The van der Waals surface area contributed by atoms with Crippen LogP contribution in [-0.2, 0) is 12.8 Å². The summed E-state index contributed by atoms with van der Waals surface area (Å²) in [4.78, 5) is 12.8. The molecule has 3 rings (SSSR count). The zero-order valence-corrected chi connectivity index (χ0v) is 12.1. The number of fused-ring (bicyclic) bond motifs is 1. The SMILES string of the molecule is CCCc1nc(N)nc(NC2CCc3ccc(N)cc32)n1. The highest BCUT2D eigenvalue weighted by molar-refractivity contribution is 5.50. The summed E-state index contributed by atoms with van der Waals surface area (Å²) in [5, 5.41) is 3.37. The molecule has 0 saturated heterocycles. The molecule has 1 aliphatic rings. The van der Waals surface area contributed by atoms with Crippen LogP contribution in [-0.4, -0.2) is 15.0 Å². The molecule has 0 bridgehead atoms. The van der Waals surface area contributed by atoms with Gasteiger partial charge >= 0.3 is 0 Å². The van der Waals surface area contributed by atoms with Gasteiger partial charge in [0.25, 0.3) is 0 Å². The highest BCUT2D eigenvalue weighted by atomic mass is 15.2. The number of anilines is 3. The first-order valence-electron chi connectivity index (χ1n) is 7.31. The van der Waals surface area contributed by atoms with Crippen LogP contribution in [0.3, 0.4) is 0 Å². The number of nitrogens with two attached hydrogens (primary N) is 2. The maximum Gasteiger partial charge on any atom is 0.228 e. The molecule has 0 spiro atoms. The van der Waals surface area contributed by atoms with E-state index in [2.05, 4.69) is 33.3 Å². The van der Waals surface area contributed by atoms with Crippen LogP contribution in [0.15, 0.2) is 18.2 Å². The van der Waals surface area contributed by atoms with Gasteiger partial charge in [0.15, 0.2) is 0 Å². The zero-order valence-electron chi connectivity index (χ0n) is 12.1. The van der Waals surface area contributed by atoms with E-state index < -0.39 is 0 Å². The maximum absolute atomic E-state index is 5.89. The van der Waals surface area contributed by atoms with Crippen molar-refractivity contribution in [2.45, 2.75) is 38.6 Å². The van der Waals surface area contributed by atoms with E-state index in [1.807, 2.05) is 12.1 Å². The second-order valence-corrected chi connectivity index (χ2v) is 5.38. The van der Waals surface area contributed by atoms with Crippen molar-refractivity contribution in [3.63, 3.8) is 0 Å². The van der Waals surface area contributed by atoms with Crippen molar-refractivity contribution in [2.75, 3.05) is 16.8 Å². The average Bonchev–Trinajstić information content (AvgIpc) is 2.81. The largest absolute Gasteiger partial charge is 0.399 e. The summed E-state index contributed by atoms with van der Waals surface area (Å²) in [6, 6.07) is 6.25. The van der Waals surface area contributed by atoms with Crippen LogP contribution in [0.1, 0.15) is 42.8 Å². The predicted octanol–water partition coefficient (Wildman–Crippen LogP) is 2.09. The first-order chi connectivity index (χ1) is 10.2. The lowest BCUT2D eigenvalue weighted by molar-refractivity contribution is 0.741. The van der Waals surface area contributed by atoms with Crippen LogP contribution in [0.25, 0.3) is 0 Å². The van der Waals surface area contributed by atoms with Gasteiger partial charge < -0.3 is 16.8 Å². The van der Waals surface area contributed by atoms with Crippen molar-refractivity contribution in [2.24, 2.45) is 0 Å². The Morgan fingerprint density at radius 1 is 1.24 bits per heavy atom. The third-order valence-electron chi connectivity index (χ3n) is 3.72. The third kappa shape index (κ3) is 2.89. The first-order valence-corrected chi connectivity index (χ1v) is 7.31. The van der Waals surface area contributed by atoms with E-state index in [4.69, 9.17) is 11.5 Å². The van der Waals surface area contributed by atoms with Crippen LogP contribution in [0.2, 0.25) is 0 Å². The van der Waals surface area contributed by atoms with Gasteiger partial charge in [0.05, 0.1) is 6.04 Å². The number of nitrogens with zero attached hydrogens (tertiary/aromatic N) is 3. The molecular weight excluding hydrogens is 264 g/mol. The number of nitrogen functional groups attached to an aromatic ring is 2. The molecule has 0 amide bonds. The highest BCUT2D eigenvalue weighted by Crippen LogP contribution is 2.34. The summed E-state index contributed by atoms with van der Waals surface area (Å²) in [6.45, 7) is 2.09. The Labute approximate surface area is 124 Å². The monoisotopic (exact) mass is 284 g/mol. The van der Waals surface area contributed by atoms with Crippen LogP contribution in [0.5, 0.6) is 0 Å². The van der Waals surface area contributed by atoms with Crippen molar-refractivity contribution < 1.29 is 0 Å². The molecule has 5 N–H and O–H groups in total. The number of aromatic nitrogens is 3. The van der Waals surface area contributed by atoms with Crippen molar-refractivity contribution in [1.29, 1.82) is 0 Å². The number of aryl methyl sites for hydroxylation is 2. The summed E-state index contributed by atoms with van der Waals surface area (Å²) >= 11 is 0. The minimum atomic E-state index is 0.180. The zero-order chi connectivity index (χ0) is 14.8. The number of rotatable bonds is 4. The molecule has 6 nitrogen and oxygen atoms in total. The van der Waals surface area contributed by atoms with Gasteiger partial charge in [0.2, 0.25) is 11.9 Å². The van der Waals surface area contributed by atoms with Crippen molar-refractivity contribution in [3.05, 3.63) is 35.2 Å². The Kier molecular flexibility index (Phi) is 3.60. The average molecular weight is 284 g/mol. The van der Waals surface area contributed by atoms with Gasteiger partial charge in [-0.15, -0.1) is 0 Å². The summed E-state index contributed by atoms with van der Waals surface area (Å²) in [7, 11) is 0. The Bertz CT molecular complexity index is 655. The fraction of sp³-hybridized carbons (Fsp3) is 0.400. The molecule has 1 atom stereocenters. The molecule has 1 aromatic carbocycles. The quantitative estimate of drug-likeness (QED) is 0.743. The molecular formula is C15H20N6. The lowest BCUT2D eigenvalue weighted by atomic mass is 10.1. The molecule has 1 aromatic heterocycles. The topological polar surface area (TPSA) is 103 Å². The smallest absolute Gasteiger partial charge is 0.228 e. The van der Waals surface area contributed by atoms with Gasteiger partial charge in [-0.3, -0.25) is 0 Å². The number of nitrogens with one attached hydrogen (secondary N) is 1. The van der Waals surface area contributed by atoms with Crippen LogP contribution < -0.4 is 16.8 Å². The molecule has 110 valence electrons. The highest BCUT2D eigenvalue weighted by Gasteiger charge is 2.23. The van der Waals surface area contributed by atoms with E-state index >= 15 is 0 Å². The molecule has 0 aliphatic heterocycles. The minimum absolute atomic E-state index is 0.180. The van der Waals surface area contributed by atoms with E-state index in [1.54, 1.807) is 0 Å². The van der Waals surface area contributed by atoms with Crippen LogP contribution in [0.4, 0.5) is 17.6 Å². The standard InChI is InChI=1S/C15H20N6/c1-2-3-13-19-14(17)21-15(20-13)18-12-7-5-9-4-6-10(16)8-11(9)12/h4,6,8,12H,2-3,5,7,16H2,1H3,(H3,17,18,19,20,21). The summed E-state index contributed by atoms with van der Waals surface area (Å²) in [5.41, 5.74) is 15.0. The molecule has 2 aromatic rings. The molecule has 21 heavy (non-hydrogen) atoms. The minimum Gasteiger partial charge on any atom is -0.399 e. The molecule has 1 aliphatic carbocycles. The Morgan fingerprint density at radius 3 is 2.90 bits per heavy atom. The molecule has 0 saturated carbocycles. The number of hydrogen-bond donors (Lipinski definition) is 3. The van der Waals surface area contributed by atoms with E-state index in [1.165, 1.54) is 11.1 Å². The number of hydrogen-bond acceptors (Lipinski definition) is 6. The van der Waals surface area contributed by atoms with Gasteiger partial charge in [-0.2, -0.15) is 15.0 Å². The summed E-state index contributed by atoms with van der Waals surface area (Å²) in [5.74, 6) is 1.55. The maximum atomic E-state index is 5.89. The van der Waals surface area contributed by atoms with Gasteiger partial charge in [0.1, 0.15) is 5.82 Å². The van der Waals surface area contributed by atoms with Crippen molar-refractivity contribution >= 4 is 17.6 Å². The van der Waals surface area contributed by atoms with Crippen molar-refractivity contribution in [1.82, 2.24) is 15.0 Å². The molecule has 1 unspecified atom stereocenters. The number of benzene rings is 1. The predicted molar refractivity (Wildman–Crippen MR) is 83.8 cm³/mol. The Balaban J connectivity index is 1.84. The first kappa shape index (κ1) is 13.6. The van der Waals surface area contributed by atoms with Crippen molar-refractivity contribution in [3.8, 4) is 0 Å². The molecule has 0 fully saturated rings. The Hall–Kier alpha value is -2.37. The molecule has 0 radical (unpaired) electrons. The van der Waals surface area contributed by atoms with Gasteiger partial charge in [-0.1, -0.05) is 13.0 Å². The van der Waals surface area contributed by atoms with Gasteiger partial charge in [-0.25, -0.2) is 0 Å². The lowest BCUT2D eigenvalue weighted by Crippen LogP contribution is -2.13. The lowest BCUT2D eigenvalue weighted by Gasteiger charge is -2.15. The second-order valence-electron chi connectivity index (χ2n) is 5.38. The van der Waals surface area contributed by atoms with E-state index in [9.17, 15) is 0 Å². The van der Waals surface area contributed by atoms with Gasteiger partial charge in [-0.05, 0) is 42.5 Å². The van der Waals surface area contributed by atoms with Gasteiger partial charge in [0, 0.05) is 12.1 Å². The van der Waals surface area contributed by atoms with E-state index in [-0.39, 0.29) is 12.0 Å². The Morgan fingerprint density at radius 2 is 2.10 bits per heavy atom. The second kappa shape index (κ2) is 5.55. The molecule has 6 heteroatoms.